The number of nitrogens with zero attached hydrogens (tertiary/aromatic N) is 2. The number of amides is 1. The average molecular weight is 247 g/mol. The second-order valence-electron chi connectivity index (χ2n) is 4.70. The molecule has 1 aliphatic rings. The van der Waals surface area contributed by atoms with Gasteiger partial charge in [-0.05, 0) is 31.5 Å². The van der Waals surface area contributed by atoms with E-state index in [-0.39, 0.29) is 5.91 Å². The van der Waals surface area contributed by atoms with Crippen molar-refractivity contribution in [2.24, 2.45) is 5.73 Å². The summed E-state index contributed by atoms with van der Waals surface area (Å²) in [5.74, 6) is 0.212. The number of hydrogen-bond acceptors (Lipinski definition) is 3. The molecule has 0 unspecified atom stereocenters. The van der Waals surface area contributed by atoms with Crippen molar-refractivity contribution < 1.29 is 4.79 Å². The highest BCUT2D eigenvalue weighted by Crippen LogP contribution is 2.32. The molecule has 0 aliphatic carbocycles. The molecule has 2 rings (SSSR count). The van der Waals surface area contributed by atoms with Crippen LogP contribution in [-0.2, 0) is 4.79 Å². The van der Waals surface area contributed by atoms with Crippen LogP contribution in [0.15, 0.2) is 24.3 Å². The van der Waals surface area contributed by atoms with Gasteiger partial charge in [-0.2, -0.15) is 0 Å². The first-order valence-electron chi connectivity index (χ1n) is 6.54. The van der Waals surface area contributed by atoms with Crippen LogP contribution >= 0.6 is 0 Å². The molecule has 1 aromatic carbocycles. The van der Waals surface area contributed by atoms with Gasteiger partial charge in [0.1, 0.15) is 0 Å². The molecule has 0 saturated carbocycles. The lowest BCUT2D eigenvalue weighted by Gasteiger charge is -2.35. The van der Waals surface area contributed by atoms with Gasteiger partial charge in [0.25, 0.3) is 0 Å². The largest absolute Gasteiger partial charge is 0.371 e. The molecule has 0 fully saturated rings. The molecule has 0 spiro atoms. The molecule has 1 amide bonds. The minimum absolute atomic E-state index is 0.212. The number of para-hydroxylation sites is 2. The van der Waals surface area contributed by atoms with Crippen molar-refractivity contribution in [2.45, 2.75) is 19.3 Å². The Morgan fingerprint density at radius 3 is 2.67 bits per heavy atom. The second kappa shape index (κ2) is 5.87. The Bertz CT molecular complexity index is 419. The van der Waals surface area contributed by atoms with Gasteiger partial charge in [0.2, 0.25) is 5.91 Å². The van der Waals surface area contributed by atoms with Crippen LogP contribution in [0.25, 0.3) is 0 Å². The lowest BCUT2D eigenvalue weighted by Crippen LogP contribution is -2.42. The summed E-state index contributed by atoms with van der Waals surface area (Å²) in [6.07, 6.45) is 2.39. The standard InChI is InChI=1S/C14H21N3O/c1-16-10-11-17(14(18)8-4-5-9-15)13-7-3-2-6-12(13)16/h2-3,6-7H,4-5,8-11,15H2,1H3. The van der Waals surface area contributed by atoms with Gasteiger partial charge in [0.15, 0.2) is 0 Å². The van der Waals surface area contributed by atoms with E-state index in [1.54, 1.807) is 0 Å². The Hall–Kier alpha value is -1.55. The summed E-state index contributed by atoms with van der Waals surface area (Å²) in [5.41, 5.74) is 7.62. The number of unbranched alkanes of at least 4 members (excludes halogenated alkanes) is 1. The summed E-state index contributed by atoms with van der Waals surface area (Å²) in [7, 11) is 2.06. The van der Waals surface area contributed by atoms with Crippen LogP contribution in [0, 0.1) is 0 Å². The topological polar surface area (TPSA) is 49.6 Å². The van der Waals surface area contributed by atoms with E-state index in [0.717, 1.165) is 37.3 Å². The summed E-state index contributed by atoms with van der Waals surface area (Å²) in [6, 6.07) is 8.08. The van der Waals surface area contributed by atoms with Gasteiger partial charge in [-0.3, -0.25) is 4.79 Å². The molecule has 0 radical (unpaired) electrons. The minimum Gasteiger partial charge on any atom is -0.371 e. The maximum Gasteiger partial charge on any atom is 0.227 e. The van der Waals surface area contributed by atoms with Crippen LogP contribution in [0.1, 0.15) is 19.3 Å². The average Bonchev–Trinajstić information content (AvgIpc) is 2.39. The third kappa shape index (κ3) is 2.64. The van der Waals surface area contributed by atoms with Gasteiger partial charge < -0.3 is 15.5 Å². The first kappa shape index (κ1) is 12.9. The molecule has 0 aromatic heterocycles. The van der Waals surface area contributed by atoms with Crippen molar-refractivity contribution in [1.82, 2.24) is 0 Å². The first-order valence-corrected chi connectivity index (χ1v) is 6.54. The highest BCUT2D eigenvalue weighted by Gasteiger charge is 2.23. The fraction of sp³-hybridized carbons (Fsp3) is 0.500. The van der Waals surface area contributed by atoms with Crippen LogP contribution in [-0.4, -0.2) is 32.6 Å². The lowest BCUT2D eigenvalue weighted by molar-refractivity contribution is -0.118. The lowest BCUT2D eigenvalue weighted by atomic mass is 10.1. The van der Waals surface area contributed by atoms with Gasteiger partial charge in [0.05, 0.1) is 11.4 Å². The number of carbonyl (C=O) groups is 1. The van der Waals surface area contributed by atoms with E-state index in [9.17, 15) is 4.79 Å². The Balaban J connectivity index is 2.11. The van der Waals surface area contributed by atoms with Crippen LogP contribution in [0.4, 0.5) is 11.4 Å². The summed E-state index contributed by atoms with van der Waals surface area (Å²) >= 11 is 0. The Kier molecular flexibility index (Phi) is 4.20. The highest BCUT2D eigenvalue weighted by molar-refractivity contribution is 5.97. The maximum atomic E-state index is 12.2. The maximum absolute atomic E-state index is 12.2. The summed E-state index contributed by atoms with van der Waals surface area (Å²) < 4.78 is 0. The van der Waals surface area contributed by atoms with Crippen LogP contribution in [0.3, 0.4) is 0 Å². The van der Waals surface area contributed by atoms with Crippen molar-refractivity contribution in [3.05, 3.63) is 24.3 Å². The fourth-order valence-corrected chi connectivity index (χ4v) is 2.32. The van der Waals surface area contributed by atoms with Crippen LogP contribution in [0.2, 0.25) is 0 Å². The number of benzene rings is 1. The monoisotopic (exact) mass is 247 g/mol. The Morgan fingerprint density at radius 2 is 1.94 bits per heavy atom. The number of hydrogen-bond donors (Lipinski definition) is 1. The van der Waals surface area contributed by atoms with Crippen molar-refractivity contribution in [1.29, 1.82) is 0 Å². The summed E-state index contributed by atoms with van der Waals surface area (Å²) in [5, 5.41) is 0. The molecule has 0 saturated heterocycles. The minimum atomic E-state index is 0.212. The molecular formula is C14H21N3O. The van der Waals surface area contributed by atoms with Gasteiger partial charge in [0, 0.05) is 26.6 Å². The third-order valence-corrected chi connectivity index (χ3v) is 3.39. The number of nitrogens with two attached hydrogens (primary N) is 1. The molecule has 1 heterocycles. The number of carbonyl (C=O) groups excluding carboxylic acids is 1. The molecule has 4 nitrogen and oxygen atoms in total. The van der Waals surface area contributed by atoms with Crippen LogP contribution < -0.4 is 15.5 Å². The second-order valence-corrected chi connectivity index (χ2v) is 4.70. The number of anilines is 2. The number of likely N-dealkylation sites (N-methyl/N-ethyl adjacent to an activating group) is 1. The van der Waals surface area contributed by atoms with E-state index in [2.05, 4.69) is 18.0 Å². The molecule has 0 atom stereocenters. The predicted octanol–water partition coefficient (Wildman–Crippen LogP) is 1.60. The van der Waals surface area contributed by atoms with Gasteiger partial charge in [-0.25, -0.2) is 0 Å². The summed E-state index contributed by atoms with van der Waals surface area (Å²) in [6.45, 7) is 2.32. The molecular weight excluding hydrogens is 226 g/mol. The number of rotatable bonds is 4. The third-order valence-electron chi connectivity index (χ3n) is 3.39. The molecule has 1 aromatic rings. The van der Waals surface area contributed by atoms with Crippen molar-refractivity contribution in [3.63, 3.8) is 0 Å². The predicted molar refractivity (Wildman–Crippen MR) is 75.0 cm³/mol. The van der Waals surface area contributed by atoms with Crippen molar-refractivity contribution >= 4 is 17.3 Å². The van der Waals surface area contributed by atoms with E-state index in [1.807, 2.05) is 23.1 Å². The van der Waals surface area contributed by atoms with Gasteiger partial charge in [-0.1, -0.05) is 12.1 Å². The molecule has 1 aliphatic heterocycles. The van der Waals surface area contributed by atoms with Crippen LogP contribution in [0.5, 0.6) is 0 Å². The van der Waals surface area contributed by atoms with E-state index < -0.39 is 0 Å². The van der Waals surface area contributed by atoms with E-state index >= 15 is 0 Å². The smallest absolute Gasteiger partial charge is 0.227 e. The normalized spacial score (nSPS) is 14.6. The first-order chi connectivity index (χ1) is 8.74. The van der Waals surface area contributed by atoms with Gasteiger partial charge in [-0.15, -0.1) is 0 Å². The SMILES string of the molecule is CN1CCN(C(=O)CCCCN)c2ccccc21. The Morgan fingerprint density at radius 1 is 1.22 bits per heavy atom. The quantitative estimate of drug-likeness (QED) is 0.822. The molecule has 2 N–H and O–H groups in total. The number of fused-ring (bicyclic) bond motifs is 1. The van der Waals surface area contributed by atoms with Gasteiger partial charge >= 0.3 is 0 Å². The van der Waals surface area contributed by atoms with E-state index in [1.165, 1.54) is 0 Å². The highest BCUT2D eigenvalue weighted by atomic mass is 16.2. The van der Waals surface area contributed by atoms with E-state index in [4.69, 9.17) is 5.73 Å². The van der Waals surface area contributed by atoms with Crippen molar-refractivity contribution in [3.8, 4) is 0 Å². The zero-order valence-electron chi connectivity index (χ0n) is 10.9. The fourth-order valence-electron chi connectivity index (χ4n) is 2.32. The van der Waals surface area contributed by atoms with E-state index in [0.29, 0.717) is 13.0 Å². The van der Waals surface area contributed by atoms with Crippen molar-refractivity contribution in [2.75, 3.05) is 36.5 Å². The Labute approximate surface area is 108 Å². The molecule has 4 heteroatoms. The zero-order valence-corrected chi connectivity index (χ0v) is 10.9. The zero-order chi connectivity index (χ0) is 13.0. The molecule has 98 valence electrons. The summed E-state index contributed by atoms with van der Waals surface area (Å²) in [4.78, 5) is 16.3. The molecule has 18 heavy (non-hydrogen) atoms. The molecule has 0 bridgehead atoms.